The maximum Gasteiger partial charge on any atom is 0.140 e. The molecule has 0 radical (unpaired) electrons. The summed E-state index contributed by atoms with van der Waals surface area (Å²) in [4.78, 5) is 0. The molecule has 0 aliphatic rings. The van der Waals surface area contributed by atoms with E-state index < -0.39 is 5.82 Å². The SMILES string of the molecule is CNCC(C)OCc1ccc(F)c(C#N)c1. The molecule has 3 nitrogen and oxygen atoms in total. The first kappa shape index (κ1) is 12.6. The molecule has 0 amide bonds. The van der Waals surface area contributed by atoms with Crippen molar-refractivity contribution in [3.8, 4) is 6.07 Å². The highest BCUT2D eigenvalue weighted by atomic mass is 19.1. The lowest BCUT2D eigenvalue weighted by atomic mass is 10.1. The molecule has 0 aliphatic carbocycles. The topological polar surface area (TPSA) is 45.0 Å². The van der Waals surface area contributed by atoms with Crippen molar-refractivity contribution in [2.24, 2.45) is 0 Å². The third-order valence-electron chi connectivity index (χ3n) is 2.18. The predicted molar refractivity (Wildman–Crippen MR) is 59.3 cm³/mol. The largest absolute Gasteiger partial charge is 0.373 e. The standard InChI is InChI=1S/C12H15FN2O/c1-9(7-15-2)16-8-10-3-4-12(13)11(5-10)6-14/h3-5,9,15H,7-8H2,1-2H3. The van der Waals surface area contributed by atoms with Crippen LogP contribution >= 0.6 is 0 Å². The third kappa shape index (κ3) is 3.61. The summed E-state index contributed by atoms with van der Waals surface area (Å²) in [7, 11) is 1.85. The molecule has 86 valence electrons. The Bertz CT molecular complexity index is 387. The van der Waals surface area contributed by atoms with Gasteiger partial charge in [0, 0.05) is 6.54 Å². The third-order valence-corrected chi connectivity index (χ3v) is 2.18. The Balaban J connectivity index is 2.58. The molecule has 0 bridgehead atoms. The van der Waals surface area contributed by atoms with Crippen molar-refractivity contribution in [1.82, 2.24) is 5.32 Å². The van der Waals surface area contributed by atoms with Gasteiger partial charge in [-0.1, -0.05) is 6.07 Å². The maximum atomic E-state index is 13.0. The van der Waals surface area contributed by atoms with Crippen molar-refractivity contribution in [2.75, 3.05) is 13.6 Å². The van der Waals surface area contributed by atoms with Gasteiger partial charge in [-0.15, -0.1) is 0 Å². The number of likely N-dealkylation sites (N-methyl/N-ethyl adjacent to an activating group) is 1. The van der Waals surface area contributed by atoms with E-state index in [0.717, 1.165) is 12.1 Å². The Morgan fingerprint density at radius 1 is 1.56 bits per heavy atom. The van der Waals surface area contributed by atoms with Gasteiger partial charge in [0.1, 0.15) is 11.9 Å². The molecule has 1 N–H and O–H groups in total. The first-order valence-corrected chi connectivity index (χ1v) is 5.12. The van der Waals surface area contributed by atoms with E-state index in [1.807, 2.05) is 14.0 Å². The van der Waals surface area contributed by atoms with Crippen molar-refractivity contribution in [3.63, 3.8) is 0 Å². The average molecular weight is 222 g/mol. The number of nitrogens with zero attached hydrogens (tertiary/aromatic N) is 1. The quantitative estimate of drug-likeness (QED) is 0.826. The van der Waals surface area contributed by atoms with Crippen LogP contribution in [0.15, 0.2) is 18.2 Å². The van der Waals surface area contributed by atoms with Gasteiger partial charge < -0.3 is 10.1 Å². The van der Waals surface area contributed by atoms with Crippen LogP contribution in [-0.2, 0) is 11.3 Å². The van der Waals surface area contributed by atoms with Crippen LogP contribution in [0.5, 0.6) is 0 Å². The van der Waals surface area contributed by atoms with Gasteiger partial charge in [0.2, 0.25) is 0 Å². The summed E-state index contributed by atoms with van der Waals surface area (Å²) in [5.41, 5.74) is 0.864. The minimum atomic E-state index is -0.491. The molecule has 0 aliphatic heterocycles. The zero-order valence-electron chi connectivity index (χ0n) is 9.46. The molecular formula is C12H15FN2O. The van der Waals surface area contributed by atoms with Crippen molar-refractivity contribution >= 4 is 0 Å². The molecule has 0 saturated heterocycles. The number of nitriles is 1. The first-order valence-electron chi connectivity index (χ1n) is 5.12. The van der Waals surface area contributed by atoms with E-state index in [0.29, 0.717) is 6.61 Å². The Hall–Kier alpha value is -1.44. The monoisotopic (exact) mass is 222 g/mol. The Morgan fingerprint density at radius 2 is 2.31 bits per heavy atom. The van der Waals surface area contributed by atoms with Gasteiger partial charge >= 0.3 is 0 Å². The average Bonchev–Trinajstić information content (AvgIpc) is 2.28. The fraction of sp³-hybridized carbons (Fsp3) is 0.417. The van der Waals surface area contributed by atoms with Crippen LogP contribution in [0, 0.1) is 17.1 Å². The van der Waals surface area contributed by atoms with Crippen molar-refractivity contribution in [2.45, 2.75) is 19.6 Å². The predicted octanol–water partition coefficient (Wildman–Crippen LogP) is 1.82. The highest BCUT2D eigenvalue weighted by Gasteiger charge is 2.05. The second kappa shape index (κ2) is 6.21. The minimum Gasteiger partial charge on any atom is -0.373 e. The summed E-state index contributed by atoms with van der Waals surface area (Å²) >= 11 is 0. The van der Waals surface area contributed by atoms with Crippen molar-refractivity contribution in [1.29, 1.82) is 5.26 Å². The van der Waals surface area contributed by atoms with Gasteiger partial charge in [0.25, 0.3) is 0 Å². The van der Waals surface area contributed by atoms with E-state index in [1.165, 1.54) is 12.1 Å². The highest BCUT2D eigenvalue weighted by molar-refractivity contribution is 5.34. The lowest BCUT2D eigenvalue weighted by molar-refractivity contribution is 0.0544. The van der Waals surface area contributed by atoms with Crippen molar-refractivity contribution < 1.29 is 9.13 Å². The minimum absolute atomic E-state index is 0.0577. The van der Waals surface area contributed by atoms with Crippen LogP contribution in [-0.4, -0.2) is 19.7 Å². The van der Waals surface area contributed by atoms with Crippen LogP contribution in [0.2, 0.25) is 0 Å². The summed E-state index contributed by atoms with van der Waals surface area (Å²) in [6.45, 7) is 3.09. The van der Waals surface area contributed by atoms with Gasteiger partial charge in [0.15, 0.2) is 0 Å². The molecule has 1 aromatic carbocycles. The zero-order chi connectivity index (χ0) is 12.0. The number of rotatable bonds is 5. The van der Waals surface area contributed by atoms with E-state index in [9.17, 15) is 4.39 Å². The number of hydrogen-bond donors (Lipinski definition) is 1. The highest BCUT2D eigenvalue weighted by Crippen LogP contribution is 2.11. The molecule has 1 unspecified atom stereocenters. The molecule has 16 heavy (non-hydrogen) atoms. The number of ether oxygens (including phenoxy) is 1. The molecule has 0 aromatic heterocycles. The number of halogens is 1. The second-order valence-corrected chi connectivity index (χ2v) is 3.61. The first-order chi connectivity index (χ1) is 7.67. The molecule has 0 spiro atoms. The van der Waals surface area contributed by atoms with Crippen LogP contribution in [0.25, 0.3) is 0 Å². The van der Waals surface area contributed by atoms with E-state index in [-0.39, 0.29) is 11.7 Å². The number of hydrogen-bond acceptors (Lipinski definition) is 3. The Kier molecular flexibility index (Phi) is 4.90. The lowest BCUT2D eigenvalue weighted by Gasteiger charge is -2.12. The van der Waals surface area contributed by atoms with Crippen LogP contribution in [0.3, 0.4) is 0 Å². The normalized spacial score (nSPS) is 12.1. The van der Waals surface area contributed by atoms with Gasteiger partial charge in [0.05, 0.1) is 18.3 Å². The fourth-order valence-corrected chi connectivity index (χ4v) is 1.33. The summed E-state index contributed by atoms with van der Waals surface area (Å²) in [6, 6.07) is 6.24. The molecule has 4 heteroatoms. The Morgan fingerprint density at radius 3 is 2.94 bits per heavy atom. The number of nitrogens with one attached hydrogen (secondary N) is 1. The molecule has 0 fully saturated rings. The Labute approximate surface area is 94.8 Å². The van der Waals surface area contributed by atoms with E-state index in [4.69, 9.17) is 10.00 Å². The fourth-order valence-electron chi connectivity index (χ4n) is 1.33. The zero-order valence-corrected chi connectivity index (χ0v) is 9.46. The summed E-state index contributed by atoms with van der Waals surface area (Å²) in [5, 5.41) is 11.7. The van der Waals surface area contributed by atoms with Crippen molar-refractivity contribution in [3.05, 3.63) is 35.1 Å². The lowest BCUT2D eigenvalue weighted by Crippen LogP contribution is -2.23. The molecular weight excluding hydrogens is 207 g/mol. The van der Waals surface area contributed by atoms with E-state index >= 15 is 0 Å². The molecule has 1 rings (SSSR count). The molecule has 1 atom stereocenters. The number of benzene rings is 1. The van der Waals surface area contributed by atoms with E-state index in [1.54, 1.807) is 12.1 Å². The molecule has 0 saturated carbocycles. The smallest absolute Gasteiger partial charge is 0.140 e. The van der Waals surface area contributed by atoms with Gasteiger partial charge in [-0.2, -0.15) is 5.26 Å². The molecule has 1 aromatic rings. The summed E-state index contributed by atoms with van der Waals surface area (Å²) in [5.74, 6) is -0.491. The molecule has 0 heterocycles. The van der Waals surface area contributed by atoms with Gasteiger partial charge in [-0.25, -0.2) is 4.39 Å². The maximum absolute atomic E-state index is 13.0. The van der Waals surface area contributed by atoms with E-state index in [2.05, 4.69) is 5.32 Å². The van der Waals surface area contributed by atoms with Crippen LogP contribution < -0.4 is 5.32 Å². The summed E-state index contributed by atoms with van der Waals surface area (Å²) in [6.07, 6.45) is 0.0839. The van der Waals surface area contributed by atoms with Crippen LogP contribution in [0.1, 0.15) is 18.1 Å². The summed E-state index contributed by atoms with van der Waals surface area (Å²) < 4.78 is 18.5. The van der Waals surface area contributed by atoms with Gasteiger partial charge in [-0.05, 0) is 31.7 Å². The van der Waals surface area contributed by atoms with Gasteiger partial charge in [-0.3, -0.25) is 0 Å². The van der Waals surface area contributed by atoms with Crippen LogP contribution in [0.4, 0.5) is 4.39 Å². The second-order valence-electron chi connectivity index (χ2n) is 3.61.